The SMILES string of the molecule is COCC(=O)N1CCC2(CCCN(CCc3ccccc3)C2=O)C1. The summed E-state index contributed by atoms with van der Waals surface area (Å²) in [6, 6.07) is 10.3. The number of benzene rings is 1. The summed E-state index contributed by atoms with van der Waals surface area (Å²) in [5.41, 5.74) is 0.895. The second kappa shape index (κ2) is 7.34. The van der Waals surface area contributed by atoms with Gasteiger partial charge in [-0.1, -0.05) is 30.3 Å². The Hall–Kier alpha value is -1.88. The van der Waals surface area contributed by atoms with E-state index in [4.69, 9.17) is 4.74 Å². The summed E-state index contributed by atoms with van der Waals surface area (Å²) < 4.78 is 4.94. The van der Waals surface area contributed by atoms with Crippen LogP contribution in [0.25, 0.3) is 0 Å². The lowest BCUT2D eigenvalue weighted by atomic mass is 9.78. The maximum atomic E-state index is 13.1. The molecular formula is C19H26N2O3. The van der Waals surface area contributed by atoms with Gasteiger partial charge in [0.15, 0.2) is 0 Å². The quantitative estimate of drug-likeness (QED) is 0.826. The molecule has 0 aromatic heterocycles. The first-order chi connectivity index (χ1) is 11.6. The first kappa shape index (κ1) is 17.0. The van der Waals surface area contributed by atoms with Crippen LogP contribution < -0.4 is 0 Å². The van der Waals surface area contributed by atoms with Crippen LogP contribution in [0.3, 0.4) is 0 Å². The summed E-state index contributed by atoms with van der Waals surface area (Å²) in [4.78, 5) is 28.9. The summed E-state index contributed by atoms with van der Waals surface area (Å²) in [6.45, 7) is 2.91. The van der Waals surface area contributed by atoms with Crippen molar-refractivity contribution in [3.05, 3.63) is 35.9 Å². The lowest BCUT2D eigenvalue weighted by Gasteiger charge is -2.39. The minimum Gasteiger partial charge on any atom is -0.375 e. The molecule has 1 aromatic carbocycles. The van der Waals surface area contributed by atoms with Crippen molar-refractivity contribution in [2.45, 2.75) is 25.7 Å². The minimum absolute atomic E-state index is 0.0106. The lowest BCUT2D eigenvalue weighted by molar-refractivity contribution is -0.146. The van der Waals surface area contributed by atoms with Crippen molar-refractivity contribution in [2.24, 2.45) is 5.41 Å². The van der Waals surface area contributed by atoms with Crippen LogP contribution in [-0.4, -0.2) is 61.5 Å². The zero-order valence-corrected chi connectivity index (χ0v) is 14.4. The average Bonchev–Trinajstić information content (AvgIpc) is 3.03. The van der Waals surface area contributed by atoms with E-state index in [1.165, 1.54) is 12.7 Å². The fraction of sp³-hybridized carbons (Fsp3) is 0.579. The van der Waals surface area contributed by atoms with Crippen LogP contribution in [0.5, 0.6) is 0 Å². The van der Waals surface area contributed by atoms with Crippen molar-refractivity contribution >= 4 is 11.8 Å². The maximum absolute atomic E-state index is 13.1. The first-order valence-electron chi connectivity index (χ1n) is 8.75. The second-order valence-electron chi connectivity index (χ2n) is 6.91. The topological polar surface area (TPSA) is 49.9 Å². The molecule has 2 aliphatic rings. The van der Waals surface area contributed by atoms with Gasteiger partial charge in [-0.2, -0.15) is 0 Å². The molecule has 0 bridgehead atoms. The number of methoxy groups -OCH3 is 1. The summed E-state index contributed by atoms with van der Waals surface area (Å²) >= 11 is 0. The monoisotopic (exact) mass is 330 g/mol. The van der Waals surface area contributed by atoms with Crippen LogP contribution in [0, 0.1) is 5.41 Å². The van der Waals surface area contributed by atoms with E-state index < -0.39 is 0 Å². The Morgan fingerprint density at radius 2 is 2.00 bits per heavy atom. The van der Waals surface area contributed by atoms with Crippen molar-refractivity contribution in [1.82, 2.24) is 9.80 Å². The number of hydrogen-bond donors (Lipinski definition) is 0. The smallest absolute Gasteiger partial charge is 0.248 e. The van der Waals surface area contributed by atoms with Crippen LogP contribution in [-0.2, 0) is 20.7 Å². The maximum Gasteiger partial charge on any atom is 0.248 e. The summed E-state index contributed by atoms with van der Waals surface area (Å²) in [6.07, 6.45) is 3.58. The van der Waals surface area contributed by atoms with Crippen LogP contribution in [0.1, 0.15) is 24.8 Å². The van der Waals surface area contributed by atoms with E-state index in [1.54, 1.807) is 4.90 Å². The van der Waals surface area contributed by atoms with Gasteiger partial charge < -0.3 is 14.5 Å². The molecule has 1 aromatic rings. The molecule has 0 aliphatic carbocycles. The normalized spacial score (nSPS) is 24.0. The number of carbonyl (C=O) groups is 2. The molecule has 2 saturated heterocycles. The van der Waals surface area contributed by atoms with E-state index in [-0.39, 0.29) is 23.8 Å². The fourth-order valence-corrected chi connectivity index (χ4v) is 3.95. The molecule has 2 fully saturated rings. The third-order valence-corrected chi connectivity index (χ3v) is 5.31. The fourth-order valence-electron chi connectivity index (χ4n) is 3.95. The van der Waals surface area contributed by atoms with Gasteiger partial charge in [0.1, 0.15) is 6.61 Å². The largest absolute Gasteiger partial charge is 0.375 e. The van der Waals surface area contributed by atoms with Crippen molar-refractivity contribution in [2.75, 3.05) is 39.9 Å². The summed E-state index contributed by atoms with van der Waals surface area (Å²) in [5.74, 6) is 0.223. The Kier molecular flexibility index (Phi) is 5.19. The number of ether oxygens (including phenoxy) is 1. The van der Waals surface area contributed by atoms with Gasteiger partial charge in [-0.15, -0.1) is 0 Å². The number of hydrogen-bond acceptors (Lipinski definition) is 3. The average molecular weight is 330 g/mol. The van der Waals surface area contributed by atoms with Crippen LogP contribution in [0.15, 0.2) is 30.3 Å². The van der Waals surface area contributed by atoms with Crippen LogP contribution >= 0.6 is 0 Å². The van der Waals surface area contributed by atoms with Crippen molar-refractivity contribution < 1.29 is 14.3 Å². The van der Waals surface area contributed by atoms with E-state index in [0.29, 0.717) is 13.1 Å². The van der Waals surface area contributed by atoms with Gasteiger partial charge in [0.2, 0.25) is 11.8 Å². The number of likely N-dealkylation sites (tertiary alicyclic amines) is 2. The molecule has 1 spiro atoms. The van der Waals surface area contributed by atoms with Crippen LogP contribution in [0.4, 0.5) is 0 Å². The number of nitrogens with zero attached hydrogens (tertiary/aromatic N) is 2. The third-order valence-electron chi connectivity index (χ3n) is 5.31. The molecule has 2 amide bonds. The molecule has 2 heterocycles. The van der Waals surface area contributed by atoms with Crippen molar-refractivity contribution in [3.63, 3.8) is 0 Å². The van der Waals surface area contributed by atoms with Crippen molar-refractivity contribution in [1.29, 1.82) is 0 Å². The minimum atomic E-state index is -0.363. The molecule has 0 N–H and O–H groups in total. The van der Waals surface area contributed by atoms with Gasteiger partial charge in [0, 0.05) is 33.3 Å². The molecule has 24 heavy (non-hydrogen) atoms. The molecule has 0 saturated carbocycles. The summed E-state index contributed by atoms with van der Waals surface area (Å²) in [7, 11) is 1.53. The molecule has 130 valence electrons. The van der Waals surface area contributed by atoms with Gasteiger partial charge in [-0.05, 0) is 31.2 Å². The molecule has 2 aliphatic heterocycles. The molecule has 0 radical (unpaired) electrons. The zero-order valence-electron chi connectivity index (χ0n) is 14.4. The molecule has 3 rings (SSSR count). The molecule has 5 heteroatoms. The Balaban J connectivity index is 1.62. The number of rotatable bonds is 5. The standard InChI is InChI=1S/C19H26N2O3/c1-24-14-17(22)21-13-10-19(15-21)9-5-11-20(18(19)23)12-8-16-6-3-2-4-7-16/h2-4,6-7H,5,8-15H2,1H3. The van der Waals surface area contributed by atoms with Gasteiger partial charge in [-0.3, -0.25) is 9.59 Å². The Morgan fingerprint density at radius 1 is 1.21 bits per heavy atom. The predicted molar refractivity (Wildman–Crippen MR) is 91.5 cm³/mol. The van der Waals surface area contributed by atoms with E-state index in [2.05, 4.69) is 12.1 Å². The number of amides is 2. The highest BCUT2D eigenvalue weighted by Crippen LogP contribution is 2.40. The highest BCUT2D eigenvalue weighted by atomic mass is 16.5. The Labute approximate surface area is 143 Å². The number of carbonyl (C=O) groups excluding carboxylic acids is 2. The Morgan fingerprint density at radius 3 is 2.75 bits per heavy atom. The van der Waals surface area contributed by atoms with E-state index in [0.717, 1.165) is 38.8 Å². The van der Waals surface area contributed by atoms with E-state index in [1.807, 2.05) is 23.1 Å². The van der Waals surface area contributed by atoms with E-state index >= 15 is 0 Å². The van der Waals surface area contributed by atoms with Gasteiger partial charge in [-0.25, -0.2) is 0 Å². The van der Waals surface area contributed by atoms with E-state index in [9.17, 15) is 9.59 Å². The lowest BCUT2D eigenvalue weighted by Crippen LogP contribution is -2.51. The summed E-state index contributed by atoms with van der Waals surface area (Å²) in [5, 5.41) is 0. The highest BCUT2D eigenvalue weighted by molar-refractivity contribution is 5.86. The third kappa shape index (κ3) is 3.46. The van der Waals surface area contributed by atoms with Gasteiger partial charge >= 0.3 is 0 Å². The van der Waals surface area contributed by atoms with Crippen LogP contribution in [0.2, 0.25) is 0 Å². The number of piperidine rings is 1. The Bertz CT molecular complexity index is 590. The zero-order chi connectivity index (χ0) is 17.0. The van der Waals surface area contributed by atoms with Gasteiger partial charge in [0.25, 0.3) is 0 Å². The molecule has 1 unspecified atom stereocenters. The highest BCUT2D eigenvalue weighted by Gasteiger charge is 2.49. The predicted octanol–water partition coefficient (Wildman–Crippen LogP) is 1.72. The molecule has 5 nitrogen and oxygen atoms in total. The molecule has 1 atom stereocenters. The molecular weight excluding hydrogens is 304 g/mol. The first-order valence-corrected chi connectivity index (χ1v) is 8.75. The second-order valence-corrected chi connectivity index (χ2v) is 6.91. The van der Waals surface area contributed by atoms with Gasteiger partial charge in [0.05, 0.1) is 5.41 Å². The van der Waals surface area contributed by atoms with Crippen molar-refractivity contribution in [3.8, 4) is 0 Å².